The number of carbonyl (C=O) groups is 1. The molecule has 0 aliphatic heterocycles. The number of alkyl halides is 3. The Balaban J connectivity index is 1.73. The van der Waals surface area contributed by atoms with Crippen LogP contribution in [-0.2, 0) is 15.7 Å². The molecule has 30 heavy (non-hydrogen) atoms. The van der Waals surface area contributed by atoms with Crippen LogP contribution in [-0.4, -0.2) is 37.0 Å². The SMILES string of the molecule is COCCOc1ccc(C(F)(F)F)cc1NC(=O)CSc1ccnc2ccccc12. The third-order valence-electron chi connectivity index (χ3n) is 4.09. The van der Waals surface area contributed by atoms with E-state index in [0.29, 0.717) is 0 Å². The third-order valence-corrected chi connectivity index (χ3v) is 5.17. The number of thioether (sulfide) groups is 1. The fraction of sp³-hybridized carbons (Fsp3) is 0.238. The number of hydrogen-bond acceptors (Lipinski definition) is 5. The Morgan fingerprint density at radius 1 is 1.13 bits per heavy atom. The van der Waals surface area contributed by atoms with Gasteiger partial charge in [-0.05, 0) is 30.3 Å². The first-order valence-electron chi connectivity index (χ1n) is 8.98. The highest BCUT2D eigenvalue weighted by Gasteiger charge is 2.31. The largest absolute Gasteiger partial charge is 0.489 e. The van der Waals surface area contributed by atoms with E-state index in [0.717, 1.165) is 27.9 Å². The quantitative estimate of drug-likeness (QED) is 0.397. The number of ether oxygens (including phenoxy) is 2. The van der Waals surface area contributed by atoms with E-state index in [1.54, 1.807) is 12.3 Å². The molecule has 0 fully saturated rings. The van der Waals surface area contributed by atoms with Gasteiger partial charge in [-0.2, -0.15) is 13.2 Å². The van der Waals surface area contributed by atoms with E-state index in [1.807, 2.05) is 24.3 Å². The molecule has 0 radical (unpaired) electrons. The molecule has 0 bridgehead atoms. The van der Waals surface area contributed by atoms with Crippen LogP contribution in [0, 0.1) is 0 Å². The summed E-state index contributed by atoms with van der Waals surface area (Å²) in [4.78, 5) is 17.6. The number of aromatic nitrogens is 1. The number of methoxy groups -OCH3 is 1. The minimum atomic E-state index is -4.53. The lowest BCUT2D eigenvalue weighted by Gasteiger charge is -2.15. The van der Waals surface area contributed by atoms with E-state index in [-0.39, 0.29) is 30.4 Å². The van der Waals surface area contributed by atoms with Crippen molar-refractivity contribution in [1.82, 2.24) is 4.98 Å². The Morgan fingerprint density at radius 2 is 1.93 bits per heavy atom. The van der Waals surface area contributed by atoms with Crippen LogP contribution in [0.2, 0.25) is 0 Å². The van der Waals surface area contributed by atoms with Crippen molar-refractivity contribution in [2.45, 2.75) is 11.1 Å². The second-order valence-electron chi connectivity index (χ2n) is 6.21. The maximum Gasteiger partial charge on any atom is 0.416 e. The molecule has 9 heteroatoms. The van der Waals surface area contributed by atoms with E-state index in [2.05, 4.69) is 10.3 Å². The van der Waals surface area contributed by atoms with E-state index in [9.17, 15) is 18.0 Å². The van der Waals surface area contributed by atoms with Gasteiger partial charge in [0.2, 0.25) is 5.91 Å². The number of halogens is 3. The molecule has 0 aliphatic carbocycles. The highest BCUT2D eigenvalue weighted by molar-refractivity contribution is 8.00. The number of para-hydroxylation sites is 1. The lowest BCUT2D eigenvalue weighted by atomic mass is 10.1. The lowest BCUT2D eigenvalue weighted by Crippen LogP contribution is -2.17. The molecule has 5 nitrogen and oxygen atoms in total. The van der Waals surface area contributed by atoms with E-state index in [1.165, 1.54) is 24.9 Å². The monoisotopic (exact) mass is 436 g/mol. The Kier molecular flexibility index (Phi) is 7.17. The van der Waals surface area contributed by atoms with Gasteiger partial charge in [-0.3, -0.25) is 9.78 Å². The number of anilines is 1. The summed E-state index contributed by atoms with van der Waals surface area (Å²) in [6, 6.07) is 12.3. The number of benzene rings is 2. The van der Waals surface area contributed by atoms with Crippen LogP contribution in [0.25, 0.3) is 10.9 Å². The highest BCUT2D eigenvalue weighted by atomic mass is 32.2. The normalized spacial score (nSPS) is 11.5. The molecule has 1 N–H and O–H groups in total. The topological polar surface area (TPSA) is 60.5 Å². The van der Waals surface area contributed by atoms with Gasteiger partial charge < -0.3 is 14.8 Å². The molecule has 1 heterocycles. The van der Waals surface area contributed by atoms with E-state index in [4.69, 9.17) is 9.47 Å². The van der Waals surface area contributed by atoms with Gasteiger partial charge in [-0.15, -0.1) is 11.8 Å². The molecule has 0 saturated heterocycles. The van der Waals surface area contributed by atoms with Gasteiger partial charge in [0.15, 0.2) is 0 Å². The maximum absolute atomic E-state index is 13.1. The van der Waals surface area contributed by atoms with Gasteiger partial charge in [0, 0.05) is 23.6 Å². The Hall–Kier alpha value is -2.78. The van der Waals surface area contributed by atoms with Gasteiger partial charge in [-0.25, -0.2) is 0 Å². The zero-order valence-electron chi connectivity index (χ0n) is 16.0. The van der Waals surface area contributed by atoms with Crippen LogP contribution in [0.5, 0.6) is 5.75 Å². The number of nitrogens with zero attached hydrogens (tertiary/aromatic N) is 1. The predicted octanol–water partition coefficient (Wildman–Crippen LogP) is 5.01. The summed E-state index contributed by atoms with van der Waals surface area (Å²) >= 11 is 1.28. The van der Waals surface area contributed by atoms with Crippen molar-refractivity contribution in [2.75, 3.05) is 31.4 Å². The molecule has 0 atom stereocenters. The second kappa shape index (κ2) is 9.82. The predicted molar refractivity (Wildman–Crippen MR) is 110 cm³/mol. The van der Waals surface area contributed by atoms with Gasteiger partial charge in [-0.1, -0.05) is 18.2 Å². The fourth-order valence-electron chi connectivity index (χ4n) is 2.69. The van der Waals surface area contributed by atoms with Crippen LogP contribution in [0.15, 0.2) is 59.6 Å². The fourth-order valence-corrected chi connectivity index (χ4v) is 3.53. The molecular formula is C21H19F3N2O3S. The Labute approximate surface area is 175 Å². The number of fused-ring (bicyclic) bond motifs is 1. The van der Waals surface area contributed by atoms with Crippen molar-refractivity contribution in [3.63, 3.8) is 0 Å². The number of nitrogens with one attached hydrogen (secondary N) is 1. The third kappa shape index (κ3) is 5.64. The van der Waals surface area contributed by atoms with Crippen molar-refractivity contribution < 1.29 is 27.4 Å². The minimum absolute atomic E-state index is 0.0156. The number of rotatable bonds is 8. The van der Waals surface area contributed by atoms with E-state index < -0.39 is 17.6 Å². The number of carbonyl (C=O) groups excluding carboxylic acids is 1. The molecule has 0 unspecified atom stereocenters. The summed E-state index contributed by atoms with van der Waals surface area (Å²) in [5.41, 5.74) is -0.106. The standard InChI is InChI=1S/C21H19F3N2O3S/c1-28-10-11-29-18-7-6-14(21(22,23)24)12-17(18)26-20(27)13-30-19-8-9-25-16-5-3-2-4-15(16)19/h2-9,12H,10-11,13H2,1H3,(H,26,27). The van der Waals surface area contributed by atoms with Crippen LogP contribution in [0.4, 0.5) is 18.9 Å². The minimum Gasteiger partial charge on any atom is -0.489 e. The number of pyridine rings is 1. The summed E-state index contributed by atoms with van der Waals surface area (Å²) in [6.07, 6.45) is -2.88. The summed E-state index contributed by atoms with van der Waals surface area (Å²) in [7, 11) is 1.48. The van der Waals surface area contributed by atoms with Gasteiger partial charge in [0.05, 0.1) is 29.1 Å². The molecule has 0 saturated carbocycles. The van der Waals surface area contributed by atoms with Crippen molar-refractivity contribution in [3.05, 3.63) is 60.3 Å². The van der Waals surface area contributed by atoms with Crippen molar-refractivity contribution in [1.29, 1.82) is 0 Å². The first kappa shape index (κ1) is 21.9. The summed E-state index contributed by atoms with van der Waals surface area (Å²) in [5, 5.41) is 3.43. The molecule has 1 aromatic heterocycles. The molecule has 3 aromatic rings. The Bertz CT molecular complexity index is 1020. The molecule has 2 aromatic carbocycles. The van der Waals surface area contributed by atoms with E-state index >= 15 is 0 Å². The smallest absolute Gasteiger partial charge is 0.416 e. The number of hydrogen-bond donors (Lipinski definition) is 1. The molecular weight excluding hydrogens is 417 g/mol. The molecule has 3 rings (SSSR count). The van der Waals surface area contributed by atoms with Crippen LogP contribution >= 0.6 is 11.8 Å². The van der Waals surface area contributed by atoms with Crippen LogP contribution < -0.4 is 10.1 Å². The van der Waals surface area contributed by atoms with Gasteiger partial charge in [0.25, 0.3) is 0 Å². The summed E-state index contributed by atoms with van der Waals surface area (Å²) in [5.74, 6) is -0.286. The average Bonchev–Trinajstić information content (AvgIpc) is 2.72. The Morgan fingerprint density at radius 3 is 2.70 bits per heavy atom. The van der Waals surface area contributed by atoms with Crippen molar-refractivity contribution in [2.24, 2.45) is 0 Å². The summed E-state index contributed by atoms with van der Waals surface area (Å²) in [6.45, 7) is 0.405. The van der Waals surface area contributed by atoms with Crippen molar-refractivity contribution in [3.8, 4) is 5.75 Å². The zero-order chi connectivity index (χ0) is 21.6. The van der Waals surface area contributed by atoms with Crippen LogP contribution in [0.1, 0.15) is 5.56 Å². The van der Waals surface area contributed by atoms with Crippen molar-refractivity contribution >= 4 is 34.3 Å². The first-order chi connectivity index (χ1) is 14.4. The van der Waals surface area contributed by atoms with Gasteiger partial charge >= 0.3 is 6.18 Å². The molecule has 158 valence electrons. The zero-order valence-corrected chi connectivity index (χ0v) is 16.8. The molecule has 0 spiro atoms. The average molecular weight is 436 g/mol. The van der Waals surface area contributed by atoms with Crippen LogP contribution in [0.3, 0.4) is 0 Å². The van der Waals surface area contributed by atoms with Gasteiger partial charge in [0.1, 0.15) is 12.4 Å². The summed E-state index contributed by atoms with van der Waals surface area (Å²) < 4.78 is 49.6. The second-order valence-corrected chi connectivity index (χ2v) is 7.23. The number of amides is 1. The molecule has 1 amide bonds. The molecule has 0 aliphatic rings. The lowest BCUT2D eigenvalue weighted by molar-refractivity contribution is -0.137. The highest BCUT2D eigenvalue weighted by Crippen LogP contribution is 2.35. The first-order valence-corrected chi connectivity index (χ1v) is 9.96. The maximum atomic E-state index is 13.1.